The minimum absolute atomic E-state index is 0.0669. The molecular formula is C16H19NO. The van der Waals surface area contributed by atoms with Crippen molar-refractivity contribution in [3.05, 3.63) is 29.8 Å². The Balaban J connectivity index is 2.06. The van der Waals surface area contributed by atoms with Crippen LogP contribution in [0.4, 0.5) is 5.69 Å². The normalized spacial score (nSPS) is 19.0. The van der Waals surface area contributed by atoms with Crippen molar-refractivity contribution in [2.45, 2.75) is 32.6 Å². The van der Waals surface area contributed by atoms with Gasteiger partial charge in [-0.1, -0.05) is 25.5 Å². The molecular weight excluding hydrogens is 222 g/mol. The van der Waals surface area contributed by atoms with E-state index in [9.17, 15) is 4.79 Å². The number of anilines is 1. The SMILES string of the molecule is C#CC1CC(=O)N(c2ccc(CCCC)cc2)C1. The predicted octanol–water partition coefficient (Wildman–Crippen LogP) is 3.02. The first-order chi connectivity index (χ1) is 8.74. The van der Waals surface area contributed by atoms with Crippen LogP contribution in [-0.2, 0) is 11.2 Å². The fourth-order valence-electron chi connectivity index (χ4n) is 2.29. The third-order valence-corrected chi connectivity index (χ3v) is 3.43. The Morgan fingerprint density at radius 3 is 2.67 bits per heavy atom. The van der Waals surface area contributed by atoms with E-state index in [0.717, 1.165) is 12.1 Å². The topological polar surface area (TPSA) is 20.3 Å². The molecule has 0 aromatic heterocycles. The molecule has 2 nitrogen and oxygen atoms in total. The van der Waals surface area contributed by atoms with E-state index < -0.39 is 0 Å². The Kier molecular flexibility index (Phi) is 4.04. The van der Waals surface area contributed by atoms with Gasteiger partial charge in [-0.2, -0.15) is 0 Å². The lowest BCUT2D eigenvalue weighted by atomic mass is 10.1. The molecule has 0 saturated carbocycles. The van der Waals surface area contributed by atoms with Crippen molar-refractivity contribution >= 4 is 11.6 Å². The molecule has 1 aliphatic rings. The van der Waals surface area contributed by atoms with Gasteiger partial charge in [0.05, 0.1) is 0 Å². The van der Waals surface area contributed by atoms with Crippen LogP contribution in [0.25, 0.3) is 0 Å². The maximum Gasteiger partial charge on any atom is 0.228 e. The summed E-state index contributed by atoms with van der Waals surface area (Å²) in [5.74, 6) is 2.88. The number of nitrogens with zero attached hydrogens (tertiary/aromatic N) is 1. The van der Waals surface area contributed by atoms with Gasteiger partial charge < -0.3 is 4.90 Å². The summed E-state index contributed by atoms with van der Waals surface area (Å²) in [7, 11) is 0. The zero-order valence-corrected chi connectivity index (χ0v) is 10.9. The van der Waals surface area contributed by atoms with Crippen molar-refractivity contribution in [2.75, 3.05) is 11.4 Å². The van der Waals surface area contributed by atoms with Crippen molar-refractivity contribution in [2.24, 2.45) is 5.92 Å². The molecule has 2 heteroatoms. The molecule has 1 aliphatic heterocycles. The van der Waals surface area contributed by atoms with Gasteiger partial charge in [0.1, 0.15) is 0 Å². The first-order valence-corrected chi connectivity index (χ1v) is 6.60. The number of benzene rings is 1. The minimum Gasteiger partial charge on any atom is -0.311 e. The molecule has 1 amide bonds. The second kappa shape index (κ2) is 5.73. The van der Waals surface area contributed by atoms with Crippen molar-refractivity contribution in [1.29, 1.82) is 0 Å². The third-order valence-electron chi connectivity index (χ3n) is 3.43. The molecule has 1 heterocycles. The first kappa shape index (κ1) is 12.7. The zero-order chi connectivity index (χ0) is 13.0. The Morgan fingerprint density at radius 1 is 1.39 bits per heavy atom. The molecule has 1 aromatic rings. The summed E-state index contributed by atoms with van der Waals surface area (Å²) in [6, 6.07) is 8.28. The van der Waals surface area contributed by atoms with Gasteiger partial charge in [-0.3, -0.25) is 4.79 Å². The third kappa shape index (κ3) is 2.73. The summed E-state index contributed by atoms with van der Waals surface area (Å²) in [6.07, 6.45) is 9.39. The maximum absolute atomic E-state index is 11.8. The maximum atomic E-state index is 11.8. The van der Waals surface area contributed by atoms with Gasteiger partial charge in [0, 0.05) is 24.6 Å². The van der Waals surface area contributed by atoms with Gasteiger partial charge >= 0.3 is 0 Å². The van der Waals surface area contributed by atoms with Gasteiger partial charge in [-0.05, 0) is 30.5 Å². The quantitative estimate of drug-likeness (QED) is 0.742. The van der Waals surface area contributed by atoms with E-state index in [-0.39, 0.29) is 11.8 Å². The number of aryl methyl sites for hydroxylation is 1. The Bertz CT molecular complexity index is 455. The van der Waals surface area contributed by atoms with E-state index in [1.54, 1.807) is 4.90 Å². The number of rotatable bonds is 4. The average molecular weight is 241 g/mol. The van der Waals surface area contributed by atoms with E-state index in [2.05, 4.69) is 25.0 Å². The summed E-state index contributed by atoms with van der Waals surface area (Å²) >= 11 is 0. The van der Waals surface area contributed by atoms with E-state index in [1.807, 2.05) is 12.1 Å². The minimum atomic E-state index is 0.0669. The van der Waals surface area contributed by atoms with Crippen LogP contribution < -0.4 is 4.90 Å². The number of carbonyl (C=O) groups excluding carboxylic acids is 1. The highest BCUT2D eigenvalue weighted by Crippen LogP contribution is 2.25. The van der Waals surface area contributed by atoms with Crippen molar-refractivity contribution in [3.63, 3.8) is 0 Å². The molecule has 1 unspecified atom stereocenters. The van der Waals surface area contributed by atoms with Crippen LogP contribution in [0, 0.1) is 18.3 Å². The smallest absolute Gasteiger partial charge is 0.228 e. The molecule has 2 rings (SSSR count). The molecule has 0 N–H and O–H groups in total. The first-order valence-electron chi connectivity index (χ1n) is 6.60. The highest BCUT2D eigenvalue weighted by atomic mass is 16.2. The van der Waals surface area contributed by atoms with Crippen molar-refractivity contribution in [3.8, 4) is 12.3 Å². The Labute approximate surface area is 109 Å². The number of unbranched alkanes of at least 4 members (excludes halogenated alkanes) is 1. The molecule has 0 bridgehead atoms. The van der Waals surface area contributed by atoms with Gasteiger partial charge in [0.2, 0.25) is 5.91 Å². The number of terminal acetylenes is 1. The lowest BCUT2D eigenvalue weighted by molar-refractivity contribution is -0.117. The molecule has 1 fully saturated rings. The molecule has 1 saturated heterocycles. The summed E-state index contributed by atoms with van der Waals surface area (Å²) < 4.78 is 0. The number of hydrogen-bond acceptors (Lipinski definition) is 1. The average Bonchev–Trinajstić information content (AvgIpc) is 2.78. The van der Waals surface area contributed by atoms with Gasteiger partial charge in [0.15, 0.2) is 0 Å². The second-order valence-corrected chi connectivity index (χ2v) is 4.84. The number of amides is 1. The zero-order valence-electron chi connectivity index (χ0n) is 10.9. The standard InChI is InChI=1S/C16H19NO/c1-3-5-6-14-7-9-15(10-8-14)17-12-13(4-2)11-16(17)18/h2,7-10,13H,3,5-6,11-12H2,1H3. The van der Waals surface area contributed by atoms with E-state index in [0.29, 0.717) is 13.0 Å². The molecule has 94 valence electrons. The van der Waals surface area contributed by atoms with E-state index in [1.165, 1.54) is 18.4 Å². The van der Waals surface area contributed by atoms with Crippen LogP contribution in [0.5, 0.6) is 0 Å². The fourth-order valence-corrected chi connectivity index (χ4v) is 2.29. The molecule has 1 aromatic carbocycles. The van der Waals surface area contributed by atoms with Crippen LogP contribution in [0.15, 0.2) is 24.3 Å². The van der Waals surface area contributed by atoms with Gasteiger partial charge in [0.25, 0.3) is 0 Å². The number of carbonyl (C=O) groups is 1. The molecule has 0 spiro atoms. The highest BCUT2D eigenvalue weighted by molar-refractivity contribution is 5.96. The lowest BCUT2D eigenvalue weighted by Gasteiger charge is -2.16. The van der Waals surface area contributed by atoms with Crippen LogP contribution >= 0.6 is 0 Å². The molecule has 0 aliphatic carbocycles. The van der Waals surface area contributed by atoms with Gasteiger partial charge in [-0.25, -0.2) is 0 Å². The lowest BCUT2D eigenvalue weighted by Crippen LogP contribution is -2.24. The summed E-state index contributed by atoms with van der Waals surface area (Å²) in [6.45, 7) is 2.85. The van der Waals surface area contributed by atoms with Crippen LogP contribution in [0.1, 0.15) is 31.7 Å². The van der Waals surface area contributed by atoms with Gasteiger partial charge in [-0.15, -0.1) is 12.3 Å². The molecule has 0 radical (unpaired) electrons. The molecule has 1 atom stereocenters. The Morgan fingerprint density at radius 2 is 2.11 bits per heavy atom. The van der Waals surface area contributed by atoms with Crippen molar-refractivity contribution in [1.82, 2.24) is 0 Å². The largest absolute Gasteiger partial charge is 0.311 e. The monoisotopic (exact) mass is 241 g/mol. The second-order valence-electron chi connectivity index (χ2n) is 4.84. The van der Waals surface area contributed by atoms with Crippen molar-refractivity contribution < 1.29 is 4.79 Å². The summed E-state index contributed by atoms with van der Waals surface area (Å²) in [5, 5.41) is 0. The summed E-state index contributed by atoms with van der Waals surface area (Å²) in [5.41, 5.74) is 2.30. The number of hydrogen-bond donors (Lipinski definition) is 0. The van der Waals surface area contributed by atoms with Crippen LogP contribution in [0.3, 0.4) is 0 Å². The molecule has 18 heavy (non-hydrogen) atoms. The van der Waals surface area contributed by atoms with E-state index in [4.69, 9.17) is 6.42 Å². The van der Waals surface area contributed by atoms with E-state index >= 15 is 0 Å². The highest BCUT2D eigenvalue weighted by Gasteiger charge is 2.29. The Hall–Kier alpha value is -1.75. The van der Waals surface area contributed by atoms with Crippen LogP contribution in [-0.4, -0.2) is 12.5 Å². The fraction of sp³-hybridized carbons (Fsp3) is 0.438. The summed E-state index contributed by atoms with van der Waals surface area (Å²) in [4.78, 5) is 13.6. The predicted molar refractivity (Wildman–Crippen MR) is 74.3 cm³/mol. The van der Waals surface area contributed by atoms with Crippen LogP contribution in [0.2, 0.25) is 0 Å².